The highest BCUT2D eigenvalue weighted by Crippen LogP contribution is 2.34. The predicted molar refractivity (Wildman–Crippen MR) is 91.4 cm³/mol. The van der Waals surface area contributed by atoms with Crippen molar-refractivity contribution in [3.63, 3.8) is 0 Å². The van der Waals surface area contributed by atoms with Gasteiger partial charge in [0, 0.05) is 24.7 Å². The van der Waals surface area contributed by atoms with Crippen molar-refractivity contribution in [2.75, 3.05) is 13.1 Å². The van der Waals surface area contributed by atoms with Gasteiger partial charge in [-0.2, -0.15) is 0 Å². The second kappa shape index (κ2) is 8.10. The summed E-state index contributed by atoms with van der Waals surface area (Å²) in [6, 6.07) is 3.16. The lowest BCUT2D eigenvalue weighted by molar-refractivity contribution is -0.131. The van der Waals surface area contributed by atoms with Gasteiger partial charge in [0.15, 0.2) is 0 Å². The number of rotatable bonds is 6. The van der Waals surface area contributed by atoms with E-state index in [1.165, 1.54) is 17.0 Å². The number of carbonyl (C=O) groups excluding carboxylic acids is 2. The highest BCUT2D eigenvalue weighted by Gasteiger charge is 2.51. The van der Waals surface area contributed by atoms with E-state index in [9.17, 15) is 18.4 Å². The van der Waals surface area contributed by atoms with E-state index in [-0.39, 0.29) is 30.9 Å². The van der Waals surface area contributed by atoms with Gasteiger partial charge < -0.3 is 10.6 Å². The van der Waals surface area contributed by atoms with Crippen LogP contribution in [0, 0.1) is 11.6 Å². The van der Waals surface area contributed by atoms with Crippen LogP contribution in [0.15, 0.2) is 18.2 Å². The molecule has 3 rings (SSSR count). The molecule has 25 heavy (non-hydrogen) atoms. The summed E-state index contributed by atoms with van der Waals surface area (Å²) in [7, 11) is 0. The van der Waals surface area contributed by atoms with Crippen molar-refractivity contribution in [2.24, 2.45) is 0 Å². The molecule has 1 aromatic rings. The Labute approximate surface area is 151 Å². The van der Waals surface area contributed by atoms with Crippen molar-refractivity contribution in [3.8, 4) is 0 Å². The van der Waals surface area contributed by atoms with E-state index in [1.54, 1.807) is 0 Å². The Bertz CT molecular complexity index is 651. The van der Waals surface area contributed by atoms with Crippen LogP contribution in [0.25, 0.3) is 0 Å². The van der Waals surface area contributed by atoms with E-state index in [2.05, 4.69) is 10.6 Å². The lowest BCUT2D eigenvalue weighted by Gasteiger charge is -2.20. The molecule has 138 valence electrons. The van der Waals surface area contributed by atoms with Crippen molar-refractivity contribution in [2.45, 2.75) is 44.2 Å². The van der Waals surface area contributed by atoms with Crippen molar-refractivity contribution in [3.05, 3.63) is 35.4 Å². The number of hydrogen-bond acceptors (Lipinski definition) is 3. The number of carbonyl (C=O) groups is 2. The predicted octanol–water partition coefficient (Wildman–Crippen LogP) is 2.73. The van der Waals surface area contributed by atoms with Gasteiger partial charge in [-0.3, -0.25) is 9.69 Å². The van der Waals surface area contributed by atoms with E-state index in [0.29, 0.717) is 25.1 Å². The van der Waals surface area contributed by atoms with E-state index in [0.717, 1.165) is 31.7 Å². The number of hydrogen-bond donors (Lipinski definition) is 2. The maximum atomic E-state index is 13.5. The Kier molecular flexibility index (Phi) is 6.35. The molecule has 1 saturated heterocycles. The van der Waals surface area contributed by atoms with Crippen LogP contribution in [-0.4, -0.2) is 35.5 Å². The average molecular weight is 374 g/mol. The number of amides is 3. The minimum absolute atomic E-state index is 0. The van der Waals surface area contributed by atoms with Gasteiger partial charge >= 0.3 is 6.03 Å². The zero-order chi connectivity index (χ0) is 17.2. The van der Waals surface area contributed by atoms with Crippen LogP contribution in [0.3, 0.4) is 0 Å². The van der Waals surface area contributed by atoms with Gasteiger partial charge in [-0.25, -0.2) is 13.6 Å². The summed E-state index contributed by atoms with van der Waals surface area (Å²) in [5.41, 5.74) is -0.279. The fourth-order valence-corrected chi connectivity index (χ4v) is 3.45. The van der Waals surface area contributed by atoms with Crippen molar-refractivity contribution in [1.82, 2.24) is 15.5 Å². The van der Waals surface area contributed by atoms with Crippen LogP contribution in [0.1, 0.15) is 37.7 Å². The molecule has 0 radical (unpaired) electrons. The minimum atomic E-state index is -0.665. The molecule has 1 heterocycles. The maximum absolute atomic E-state index is 13.5. The zero-order valence-electron chi connectivity index (χ0n) is 13.8. The molecule has 5 nitrogen and oxygen atoms in total. The number of urea groups is 1. The second-order valence-corrected chi connectivity index (χ2v) is 6.44. The normalized spacial score (nSPS) is 18.6. The first kappa shape index (κ1) is 19.6. The monoisotopic (exact) mass is 373 g/mol. The Balaban J connectivity index is 0.00000225. The largest absolute Gasteiger partial charge is 0.325 e. The molecular weight excluding hydrogens is 352 g/mol. The molecule has 3 amide bonds. The van der Waals surface area contributed by atoms with Gasteiger partial charge in [0.2, 0.25) is 0 Å². The molecule has 0 aromatic heterocycles. The minimum Gasteiger partial charge on any atom is -0.323 e. The van der Waals surface area contributed by atoms with Crippen LogP contribution in [0.2, 0.25) is 0 Å². The molecular formula is C17H22ClF2N3O2. The molecule has 2 fully saturated rings. The number of nitrogens with one attached hydrogen (secondary N) is 2. The molecule has 1 saturated carbocycles. The summed E-state index contributed by atoms with van der Waals surface area (Å²) in [4.78, 5) is 25.7. The zero-order valence-corrected chi connectivity index (χ0v) is 14.6. The van der Waals surface area contributed by atoms with Crippen molar-refractivity contribution in [1.29, 1.82) is 0 Å². The molecule has 1 aliphatic carbocycles. The third-order valence-electron chi connectivity index (χ3n) is 4.77. The lowest BCUT2D eigenvalue weighted by atomic mass is 9.98. The molecule has 1 spiro atoms. The highest BCUT2D eigenvalue weighted by molar-refractivity contribution is 6.07. The molecule has 8 heteroatoms. The van der Waals surface area contributed by atoms with Gasteiger partial charge in [-0.15, -0.1) is 12.4 Å². The summed E-state index contributed by atoms with van der Waals surface area (Å²) in [5.74, 6) is -1.30. The van der Waals surface area contributed by atoms with Crippen LogP contribution >= 0.6 is 12.4 Å². The summed E-state index contributed by atoms with van der Waals surface area (Å²) in [6.07, 6.45) is 3.94. The van der Waals surface area contributed by atoms with Gasteiger partial charge in [-0.05, 0) is 31.9 Å². The average Bonchev–Trinajstić information content (AvgIpc) is 3.09. The van der Waals surface area contributed by atoms with Crippen LogP contribution in [0.5, 0.6) is 0 Å². The number of nitrogens with zero attached hydrogens (tertiary/aromatic N) is 1. The Morgan fingerprint density at radius 3 is 2.60 bits per heavy atom. The van der Waals surface area contributed by atoms with Gasteiger partial charge in [-0.1, -0.05) is 18.9 Å². The van der Waals surface area contributed by atoms with Gasteiger partial charge in [0.1, 0.15) is 17.2 Å². The molecule has 0 unspecified atom stereocenters. The first-order chi connectivity index (χ1) is 11.5. The maximum Gasteiger partial charge on any atom is 0.325 e. The molecule has 2 aliphatic rings. The van der Waals surface area contributed by atoms with E-state index < -0.39 is 17.2 Å². The molecule has 0 atom stereocenters. The highest BCUT2D eigenvalue weighted by atomic mass is 35.5. The first-order valence-corrected chi connectivity index (χ1v) is 8.31. The van der Waals surface area contributed by atoms with Crippen molar-refractivity contribution < 1.29 is 18.4 Å². The van der Waals surface area contributed by atoms with Crippen LogP contribution < -0.4 is 10.6 Å². The summed E-state index contributed by atoms with van der Waals surface area (Å²) < 4.78 is 26.3. The SMILES string of the molecule is Cl.O=C1NC2(CCCC2)C(=O)N1CCCNCc1ccc(F)cc1F. The summed E-state index contributed by atoms with van der Waals surface area (Å²) >= 11 is 0. The molecule has 2 N–H and O–H groups in total. The van der Waals surface area contributed by atoms with Crippen molar-refractivity contribution >= 4 is 24.3 Å². The quantitative estimate of drug-likeness (QED) is 0.595. The van der Waals surface area contributed by atoms with Gasteiger partial charge in [0.25, 0.3) is 5.91 Å². The second-order valence-electron chi connectivity index (χ2n) is 6.44. The van der Waals surface area contributed by atoms with Crippen LogP contribution in [0.4, 0.5) is 13.6 Å². The number of benzene rings is 1. The number of imide groups is 1. The van der Waals surface area contributed by atoms with E-state index >= 15 is 0 Å². The summed E-state index contributed by atoms with van der Waals surface area (Å²) in [6.45, 7) is 1.14. The fraction of sp³-hybridized carbons (Fsp3) is 0.529. The Hall–Kier alpha value is -1.73. The smallest absolute Gasteiger partial charge is 0.323 e. The number of halogens is 3. The van der Waals surface area contributed by atoms with E-state index in [1.807, 2.05) is 0 Å². The topological polar surface area (TPSA) is 61.4 Å². The first-order valence-electron chi connectivity index (χ1n) is 8.31. The van der Waals surface area contributed by atoms with Gasteiger partial charge in [0.05, 0.1) is 0 Å². The molecule has 1 aliphatic heterocycles. The lowest BCUT2D eigenvalue weighted by Crippen LogP contribution is -2.44. The van der Waals surface area contributed by atoms with E-state index in [4.69, 9.17) is 0 Å². The Morgan fingerprint density at radius 2 is 1.92 bits per heavy atom. The fourth-order valence-electron chi connectivity index (χ4n) is 3.45. The third-order valence-corrected chi connectivity index (χ3v) is 4.77. The Morgan fingerprint density at radius 1 is 1.20 bits per heavy atom. The third kappa shape index (κ3) is 4.10. The molecule has 0 bridgehead atoms. The summed E-state index contributed by atoms with van der Waals surface area (Å²) in [5, 5.41) is 5.89. The van der Waals surface area contributed by atoms with Crippen LogP contribution in [-0.2, 0) is 11.3 Å². The molecule has 1 aromatic carbocycles. The standard InChI is InChI=1S/C17H21F2N3O2.ClH/c18-13-5-4-12(14(19)10-13)11-20-8-3-9-22-15(23)17(21-16(22)24)6-1-2-7-17;/h4-5,10,20H,1-3,6-9,11H2,(H,21,24);1H.